The first kappa shape index (κ1) is 28.4. The lowest BCUT2D eigenvalue weighted by molar-refractivity contribution is -0.124. The van der Waals surface area contributed by atoms with Gasteiger partial charge in [0.1, 0.15) is 11.0 Å². The monoisotopic (exact) mass is 557 g/mol. The van der Waals surface area contributed by atoms with Crippen LogP contribution in [0.2, 0.25) is 5.15 Å². The van der Waals surface area contributed by atoms with Gasteiger partial charge in [-0.05, 0) is 90.2 Å². The van der Waals surface area contributed by atoms with E-state index in [1.807, 2.05) is 26.8 Å². The summed E-state index contributed by atoms with van der Waals surface area (Å²) in [5.41, 5.74) is 0.270. The van der Waals surface area contributed by atoms with Crippen LogP contribution in [0.25, 0.3) is 0 Å². The molecule has 2 aromatic heterocycles. The summed E-state index contributed by atoms with van der Waals surface area (Å²) in [4.78, 5) is 29.0. The van der Waals surface area contributed by atoms with Gasteiger partial charge >= 0.3 is 5.97 Å². The van der Waals surface area contributed by atoms with Crippen molar-refractivity contribution in [2.75, 3.05) is 4.90 Å². The number of halogens is 1. The van der Waals surface area contributed by atoms with Gasteiger partial charge in [-0.3, -0.25) is 4.79 Å². The first-order valence-electron chi connectivity index (χ1n) is 13.4. The molecule has 9 heteroatoms. The molecule has 1 amide bonds. The lowest BCUT2D eigenvalue weighted by atomic mass is 9.81. The minimum absolute atomic E-state index is 0.0421. The van der Waals surface area contributed by atoms with Gasteiger partial charge in [0.2, 0.25) is 11.8 Å². The van der Waals surface area contributed by atoms with Gasteiger partial charge in [-0.15, -0.1) is 21.5 Å². The highest BCUT2D eigenvalue weighted by Crippen LogP contribution is 2.39. The predicted molar refractivity (Wildman–Crippen MR) is 150 cm³/mol. The Morgan fingerprint density at radius 3 is 2.34 bits per heavy atom. The number of carboxylic acid groups (broad SMARTS) is 1. The second-order valence-electron chi connectivity index (χ2n) is 11.5. The number of hydrogen-bond acceptors (Lipinski definition) is 6. The lowest BCUT2D eigenvalue weighted by Gasteiger charge is -2.39. The van der Waals surface area contributed by atoms with Gasteiger partial charge in [0, 0.05) is 23.4 Å². The summed E-state index contributed by atoms with van der Waals surface area (Å²) >= 11 is 6.98. The Morgan fingerprint density at radius 2 is 1.76 bits per heavy atom. The number of rotatable bonds is 6. The molecule has 0 saturated heterocycles. The van der Waals surface area contributed by atoms with E-state index in [0.29, 0.717) is 40.4 Å². The molecule has 2 fully saturated rings. The molecular weight excluding hydrogens is 522 g/mol. The number of carbonyl (C=O) groups excluding carboxylic acids is 1. The van der Waals surface area contributed by atoms with Gasteiger partial charge in [-0.1, -0.05) is 30.4 Å². The Labute approximate surface area is 233 Å². The van der Waals surface area contributed by atoms with Crippen molar-refractivity contribution in [3.05, 3.63) is 33.1 Å². The molecule has 1 N–H and O–H groups in total. The maximum atomic E-state index is 14.0. The van der Waals surface area contributed by atoms with Crippen LogP contribution < -0.4 is 9.64 Å². The van der Waals surface area contributed by atoms with Crippen LogP contribution in [0.3, 0.4) is 0 Å². The third kappa shape index (κ3) is 7.27. The highest BCUT2D eigenvalue weighted by molar-refractivity contribution is 7.15. The normalized spacial score (nSPS) is 23.7. The molecule has 2 saturated carbocycles. The van der Waals surface area contributed by atoms with Crippen LogP contribution in [-0.2, 0) is 4.79 Å². The molecule has 204 valence electrons. The third-order valence-electron chi connectivity index (χ3n) is 7.23. The Balaban J connectivity index is 1.60. The van der Waals surface area contributed by atoms with Crippen molar-refractivity contribution in [1.82, 2.24) is 10.2 Å². The molecule has 0 aliphatic heterocycles. The first-order chi connectivity index (χ1) is 18.0. The fraction of sp³-hybridized carbons (Fsp3) is 0.586. The van der Waals surface area contributed by atoms with Crippen molar-refractivity contribution in [3.8, 4) is 17.7 Å². The van der Waals surface area contributed by atoms with Gasteiger partial charge in [0.05, 0.1) is 10.6 Å². The summed E-state index contributed by atoms with van der Waals surface area (Å²) in [5.74, 6) is 6.31. The van der Waals surface area contributed by atoms with Crippen LogP contribution in [0.5, 0.6) is 5.88 Å². The number of aromatic nitrogens is 2. The second kappa shape index (κ2) is 12.0. The van der Waals surface area contributed by atoms with E-state index in [1.54, 1.807) is 17.0 Å². The zero-order chi connectivity index (χ0) is 27.4. The van der Waals surface area contributed by atoms with Gasteiger partial charge in [0.15, 0.2) is 5.15 Å². The largest absolute Gasteiger partial charge is 0.477 e. The van der Waals surface area contributed by atoms with Crippen LogP contribution in [0, 0.1) is 29.1 Å². The molecule has 0 spiro atoms. The Bertz CT molecular complexity index is 1200. The van der Waals surface area contributed by atoms with Gasteiger partial charge in [-0.2, -0.15) is 0 Å². The van der Waals surface area contributed by atoms with Gasteiger partial charge < -0.3 is 14.7 Å². The number of thiophene rings is 1. The quantitative estimate of drug-likeness (QED) is 0.391. The van der Waals surface area contributed by atoms with E-state index in [1.165, 1.54) is 0 Å². The smallest absolute Gasteiger partial charge is 0.348 e. The highest BCUT2D eigenvalue weighted by Gasteiger charge is 2.38. The highest BCUT2D eigenvalue weighted by atomic mass is 35.5. The van der Waals surface area contributed by atoms with E-state index in [-0.39, 0.29) is 34.3 Å². The Kier molecular flexibility index (Phi) is 9.00. The van der Waals surface area contributed by atoms with Crippen LogP contribution >= 0.6 is 22.9 Å². The minimum atomic E-state index is -1.03. The molecule has 2 heterocycles. The molecule has 0 bridgehead atoms. The van der Waals surface area contributed by atoms with E-state index in [2.05, 4.69) is 29.0 Å². The van der Waals surface area contributed by atoms with Crippen molar-refractivity contribution < 1.29 is 19.4 Å². The zero-order valence-electron chi connectivity index (χ0n) is 22.5. The average Bonchev–Trinajstić information content (AvgIpc) is 3.30. The SMILES string of the molecule is CC(C)(C)C#Cc1cc(N(C(=O)[C@H]2CC[C@H](C)CC2)[C@H]2CC[C@@H](Oc3ccc(Cl)nn3)CC2)c(C(=O)O)s1. The van der Waals surface area contributed by atoms with Crippen LogP contribution in [0.4, 0.5) is 5.69 Å². The number of aromatic carboxylic acids is 1. The second-order valence-corrected chi connectivity index (χ2v) is 13.0. The van der Waals surface area contributed by atoms with E-state index < -0.39 is 5.97 Å². The molecular formula is C29H36ClN3O4S. The Morgan fingerprint density at radius 1 is 1.08 bits per heavy atom. The van der Waals surface area contributed by atoms with Crippen LogP contribution in [0.1, 0.15) is 93.6 Å². The summed E-state index contributed by atoms with van der Waals surface area (Å²) in [6.07, 6.45) is 6.53. The van der Waals surface area contributed by atoms with Crippen molar-refractivity contribution in [2.24, 2.45) is 17.3 Å². The van der Waals surface area contributed by atoms with Crippen LogP contribution in [-0.4, -0.2) is 39.3 Å². The molecule has 0 atom stereocenters. The van der Waals surface area contributed by atoms with E-state index >= 15 is 0 Å². The van der Waals surface area contributed by atoms with Gasteiger partial charge in [-0.25, -0.2) is 4.79 Å². The number of carbonyl (C=O) groups is 2. The molecule has 7 nitrogen and oxygen atoms in total. The molecule has 2 aromatic rings. The fourth-order valence-corrected chi connectivity index (χ4v) is 6.12. The maximum absolute atomic E-state index is 14.0. The summed E-state index contributed by atoms with van der Waals surface area (Å²) in [7, 11) is 0. The number of amides is 1. The number of carboxylic acids is 1. The zero-order valence-corrected chi connectivity index (χ0v) is 24.1. The van der Waals surface area contributed by atoms with Gasteiger partial charge in [0.25, 0.3) is 0 Å². The first-order valence-corrected chi connectivity index (χ1v) is 14.6. The molecule has 2 aliphatic carbocycles. The van der Waals surface area contributed by atoms with E-state index in [4.69, 9.17) is 16.3 Å². The van der Waals surface area contributed by atoms with Crippen molar-refractivity contribution in [2.45, 2.75) is 91.2 Å². The minimum Gasteiger partial charge on any atom is -0.477 e. The van der Waals surface area contributed by atoms with Crippen molar-refractivity contribution >= 4 is 40.5 Å². The number of anilines is 1. The summed E-state index contributed by atoms with van der Waals surface area (Å²) in [6.45, 7) is 8.28. The van der Waals surface area contributed by atoms with Crippen molar-refractivity contribution in [3.63, 3.8) is 0 Å². The standard InChI is InChI=1S/C29H36ClN3O4S/c1-18-5-7-19(8-6-18)27(34)33(23-17-22(15-16-29(2,3)4)38-26(23)28(35)36)20-9-11-21(12-10-20)37-25-14-13-24(30)31-32-25/h13-14,17-21H,5-12H2,1-4H3,(H,35,36)/t18-,19-,20-,21+. The number of hydrogen-bond donors (Lipinski definition) is 1. The number of ether oxygens (including phenoxy) is 1. The molecule has 0 radical (unpaired) electrons. The Hall–Kier alpha value is -2.63. The molecule has 0 aromatic carbocycles. The number of nitrogens with zero attached hydrogens (tertiary/aromatic N) is 3. The van der Waals surface area contributed by atoms with Crippen molar-refractivity contribution in [1.29, 1.82) is 0 Å². The lowest BCUT2D eigenvalue weighted by Crippen LogP contribution is -2.47. The molecule has 0 unspecified atom stereocenters. The van der Waals surface area contributed by atoms with E-state index in [9.17, 15) is 14.7 Å². The molecule has 38 heavy (non-hydrogen) atoms. The maximum Gasteiger partial charge on any atom is 0.348 e. The topological polar surface area (TPSA) is 92.6 Å². The molecule has 4 rings (SSSR count). The van der Waals surface area contributed by atoms with E-state index in [0.717, 1.165) is 49.9 Å². The molecule has 2 aliphatic rings. The summed E-state index contributed by atoms with van der Waals surface area (Å²) < 4.78 is 6.02. The predicted octanol–water partition coefficient (Wildman–Crippen LogP) is 6.84. The summed E-state index contributed by atoms with van der Waals surface area (Å²) in [5, 5.41) is 18.2. The fourth-order valence-electron chi connectivity index (χ4n) is 5.18. The average molecular weight is 558 g/mol. The van der Waals surface area contributed by atoms with Crippen LogP contribution in [0.15, 0.2) is 18.2 Å². The summed E-state index contributed by atoms with van der Waals surface area (Å²) in [6, 6.07) is 5.05. The third-order valence-corrected chi connectivity index (χ3v) is 8.46.